The molecular formula is C11H19N5O. The van der Waals surface area contributed by atoms with E-state index in [1.165, 1.54) is 12.7 Å². The maximum Gasteiger partial charge on any atom is 0.225 e. The van der Waals surface area contributed by atoms with E-state index < -0.39 is 0 Å². The molecule has 0 radical (unpaired) electrons. The summed E-state index contributed by atoms with van der Waals surface area (Å²) in [4.78, 5) is 16.0. The third kappa shape index (κ3) is 3.26. The lowest BCUT2D eigenvalue weighted by molar-refractivity contribution is -0.126. The van der Waals surface area contributed by atoms with E-state index in [4.69, 9.17) is 5.73 Å². The van der Waals surface area contributed by atoms with Crippen molar-refractivity contribution in [3.63, 3.8) is 0 Å². The van der Waals surface area contributed by atoms with Gasteiger partial charge in [-0.3, -0.25) is 9.89 Å². The van der Waals surface area contributed by atoms with Gasteiger partial charge in [0.15, 0.2) is 0 Å². The summed E-state index contributed by atoms with van der Waals surface area (Å²) in [6.07, 6.45) is 6.67. The smallest absolute Gasteiger partial charge is 0.225 e. The van der Waals surface area contributed by atoms with Crippen LogP contribution in [0.2, 0.25) is 0 Å². The maximum atomic E-state index is 12.0. The van der Waals surface area contributed by atoms with Gasteiger partial charge >= 0.3 is 0 Å². The van der Waals surface area contributed by atoms with Gasteiger partial charge in [0.25, 0.3) is 0 Å². The van der Waals surface area contributed by atoms with Crippen molar-refractivity contribution in [3.05, 3.63) is 12.2 Å². The third-order valence-corrected chi connectivity index (χ3v) is 3.30. The Morgan fingerprint density at radius 2 is 2.29 bits per heavy atom. The molecule has 1 fully saturated rings. The molecule has 4 N–H and O–H groups in total. The van der Waals surface area contributed by atoms with Crippen LogP contribution in [0.3, 0.4) is 0 Å². The monoisotopic (exact) mass is 237 g/mol. The lowest BCUT2D eigenvalue weighted by Crippen LogP contribution is -2.41. The van der Waals surface area contributed by atoms with Gasteiger partial charge in [0, 0.05) is 6.04 Å². The molecule has 0 aliphatic heterocycles. The molecule has 17 heavy (non-hydrogen) atoms. The van der Waals surface area contributed by atoms with Crippen LogP contribution in [-0.2, 0) is 11.3 Å². The minimum atomic E-state index is -0.0552. The van der Waals surface area contributed by atoms with Gasteiger partial charge in [-0.25, -0.2) is 4.98 Å². The molecule has 0 spiro atoms. The summed E-state index contributed by atoms with van der Waals surface area (Å²) < 4.78 is 0. The summed E-state index contributed by atoms with van der Waals surface area (Å²) in [6, 6.07) is -0.00720. The molecule has 1 aromatic rings. The predicted molar refractivity (Wildman–Crippen MR) is 62.8 cm³/mol. The maximum absolute atomic E-state index is 12.0. The molecule has 1 amide bonds. The molecule has 0 saturated heterocycles. The van der Waals surface area contributed by atoms with Gasteiger partial charge in [-0.15, -0.1) is 0 Å². The molecule has 1 saturated carbocycles. The fourth-order valence-corrected chi connectivity index (χ4v) is 2.28. The van der Waals surface area contributed by atoms with Gasteiger partial charge in [0.05, 0.1) is 12.5 Å². The summed E-state index contributed by atoms with van der Waals surface area (Å²) in [5.74, 6) is 0.650. The van der Waals surface area contributed by atoms with Crippen LogP contribution in [0.5, 0.6) is 0 Å². The number of carbonyl (C=O) groups is 1. The Morgan fingerprint density at radius 3 is 3.06 bits per heavy atom. The minimum Gasteiger partial charge on any atom is -0.349 e. The highest BCUT2D eigenvalue weighted by atomic mass is 16.1. The van der Waals surface area contributed by atoms with Crippen LogP contribution in [0.4, 0.5) is 0 Å². The Kier molecular flexibility index (Phi) is 4.08. The van der Waals surface area contributed by atoms with Crippen molar-refractivity contribution in [3.8, 4) is 0 Å². The third-order valence-electron chi connectivity index (χ3n) is 3.30. The summed E-state index contributed by atoms with van der Waals surface area (Å²) in [5.41, 5.74) is 6.03. The Hall–Kier alpha value is -1.43. The largest absolute Gasteiger partial charge is 0.349 e. The first kappa shape index (κ1) is 12.0. The second kappa shape index (κ2) is 5.77. The molecular weight excluding hydrogens is 218 g/mol. The number of H-pyrrole nitrogens is 1. The van der Waals surface area contributed by atoms with E-state index in [2.05, 4.69) is 20.5 Å². The molecule has 1 aromatic heterocycles. The molecule has 2 rings (SSSR count). The van der Waals surface area contributed by atoms with Gasteiger partial charge in [0.2, 0.25) is 5.91 Å². The number of hydrogen-bond acceptors (Lipinski definition) is 4. The lowest BCUT2D eigenvalue weighted by atomic mass is 9.94. The molecule has 1 aliphatic carbocycles. The zero-order valence-corrected chi connectivity index (χ0v) is 9.85. The van der Waals surface area contributed by atoms with E-state index in [1.807, 2.05) is 0 Å². The van der Waals surface area contributed by atoms with Crippen LogP contribution >= 0.6 is 0 Å². The highest BCUT2D eigenvalue weighted by Gasteiger charge is 2.26. The van der Waals surface area contributed by atoms with Gasteiger partial charge in [-0.2, -0.15) is 5.10 Å². The van der Waals surface area contributed by atoms with Crippen LogP contribution < -0.4 is 11.1 Å². The fourth-order valence-electron chi connectivity index (χ4n) is 2.28. The quantitative estimate of drug-likeness (QED) is 0.660. The molecule has 94 valence electrons. The Morgan fingerprint density at radius 1 is 1.47 bits per heavy atom. The summed E-state index contributed by atoms with van der Waals surface area (Å²) in [6.45, 7) is 0.391. The van der Waals surface area contributed by atoms with Gasteiger partial charge < -0.3 is 11.1 Å². The normalized spacial score (nSPS) is 25.2. The van der Waals surface area contributed by atoms with Crippen LogP contribution in [-0.4, -0.2) is 27.1 Å². The number of nitrogens with one attached hydrogen (secondary N) is 2. The lowest BCUT2D eigenvalue weighted by Gasteiger charge is -2.20. The first-order valence-electron chi connectivity index (χ1n) is 6.15. The van der Waals surface area contributed by atoms with E-state index >= 15 is 0 Å². The molecule has 0 aromatic carbocycles. The second-order valence-electron chi connectivity index (χ2n) is 4.56. The SMILES string of the molecule is NC1CCCCCC1C(=O)NCc1ncn[nH]1. The zero-order chi connectivity index (χ0) is 12.1. The molecule has 1 aliphatic rings. The Bertz CT molecular complexity index is 351. The van der Waals surface area contributed by atoms with Crippen molar-refractivity contribution >= 4 is 5.91 Å². The minimum absolute atomic E-state index is 0.00720. The van der Waals surface area contributed by atoms with Gasteiger partial charge in [-0.05, 0) is 12.8 Å². The molecule has 2 atom stereocenters. The number of nitrogens with zero attached hydrogens (tertiary/aromatic N) is 2. The average molecular weight is 237 g/mol. The van der Waals surface area contributed by atoms with Crippen LogP contribution in [0, 0.1) is 5.92 Å². The van der Waals surface area contributed by atoms with Crippen molar-refractivity contribution in [2.45, 2.75) is 44.7 Å². The second-order valence-corrected chi connectivity index (χ2v) is 4.56. The van der Waals surface area contributed by atoms with Crippen molar-refractivity contribution in [1.29, 1.82) is 0 Å². The number of hydrogen-bond donors (Lipinski definition) is 3. The van der Waals surface area contributed by atoms with Gasteiger partial charge in [0.1, 0.15) is 12.2 Å². The Labute approximate surface area is 100 Å². The standard InChI is InChI=1S/C11H19N5O/c12-9-5-3-1-2-4-8(9)11(17)13-6-10-14-7-15-16-10/h7-9H,1-6,12H2,(H,13,17)(H,14,15,16). The Balaban J connectivity index is 1.85. The van der Waals surface area contributed by atoms with Crippen molar-refractivity contribution in [1.82, 2.24) is 20.5 Å². The number of carbonyl (C=O) groups excluding carboxylic acids is 1. The van der Waals surface area contributed by atoms with E-state index in [0.29, 0.717) is 12.4 Å². The van der Waals surface area contributed by atoms with Crippen LogP contribution in [0.1, 0.15) is 37.9 Å². The number of aromatic nitrogens is 3. The summed E-state index contributed by atoms with van der Waals surface area (Å²) in [5, 5.41) is 9.30. The molecule has 0 bridgehead atoms. The van der Waals surface area contributed by atoms with Crippen molar-refractivity contribution in [2.75, 3.05) is 0 Å². The van der Waals surface area contributed by atoms with Crippen molar-refractivity contribution in [2.24, 2.45) is 11.7 Å². The number of amides is 1. The van der Waals surface area contributed by atoms with Crippen LogP contribution in [0.15, 0.2) is 6.33 Å². The topological polar surface area (TPSA) is 96.7 Å². The van der Waals surface area contributed by atoms with Crippen LogP contribution in [0.25, 0.3) is 0 Å². The van der Waals surface area contributed by atoms with E-state index in [0.717, 1.165) is 25.7 Å². The highest BCUT2D eigenvalue weighted by molar-refractivity contribution is 5.79. The van der Waals surface area contributed by atoms with Crippen molar-refractivity contribution < 1.29 is 4.79 Å². The molecule has 6 nitrogen and oxygen atoms in total. The molecule has 1 heterocycles. The summed E-state index contributed by atoms with van der Waals surface area (Å²) in [7, 11) is 0. The zero-order valence-electron chi connectivity index (χ0n) is 9.85. The average Bonchev–Trinajstić information content (AvgIpc) is 2.75. The fraction of sp³-hybridized carbons (Fsp3) is 0.727. The number of rotatable bonds is 3. The number of nitrogens with two attached hydrogens (primary N) is 1. The number of aromatic amines is 1. The van der Waals surface area contributed by atoms with E-state index in [1.54, 1.807) is 0 Å². The van der Waals surface area contributed by atoms with Gasteiger partial charge in [-0.1, -0.05) is 19.3 Å². The highest BCUT2D eigenvalue weighted by Crippen LogP contribution is 2.22. The van der Waals surface area contributed by atoms with E-state index in [-0.39, 0.29) is 17.9 Å². The first-order valence-corrected chi connectivity index (χ1v) is 6.15. The first-order chi connectivity index (χ1) is 8.27. The molecule has 6 heteroatoms. The predicted octanol–water partition coefficient (Wildman–Crippen LogP) is 0.328. The molecule has 2 unspecified atom stereocenters. The summed E-state index contributed by atoms with van der Waals surface area (Å²) >= 11 is 0. The van der Waals surface area contributed by atoms with E-state index in [9.17, 15) is 4.79 Å².